The fourth-order valence-corrected chi connectivity index (χ4v) is 3.02. The molecule has 0 unspecified atom stereocenters. The van der Waals surface area contributed by atoms with Gasteiger partial charge in [0.15, 0.2) is 0 Å². The van der Waals surface area contributed by atoms with Crippen molar-refractivity contribution in [2.45, 2.75) is 97.3 Å². The van der Waals surface area contributed by atoms with Crippen LogP contribution >= 0.6 is 0 Å². The summed E-state index contributed by atoms with van der Waals surface area (Å²) in [6.45, 7) is 8.74. The zero-order valence-corrected chi connectivity index (χ0v) is 18.2. The second kappa shape index (κ2) is 16.5. The van der Waals surface area contributed by atoms with E-state index in [1.807, 2.05) is 32.9 Å². The molecule has 2 N–H and O–H groups in total. The molecule has 0 saturated carbocycles. The highest BCUT2D eigenvalue weighted by atomic mass is 17.1. The molecule has 0 fully saturated rings. The van der Waals surface area contributed by atoms with Gasteiger partial charge in [-0.25, -0.2) is 9.68 Å². The van der Waals surface area contributed by atoms with Gasteiger partial charge in [0, 0.05) is 0 Å². The van der Waals surface area contributed by atoms with Gasteiger partial charge in [0.2, 0.25) is 0 Å². The Kier molecular flexibility index (Phi) is 15.7. The summed E-state index contributed by atoms with van der Waals surface area (Å²) >= 11 is 0. The lowest BCUT2D eigenvalue weighted by atomic mass is 9.84. The van der Waals surface area contributed by atoms with Gasteiger partial charge in [0.1, 0.15) is 0 Å². The van der Waals surface area contributed by atoms with Crippen LogP contribution < -0.4 is 0 Å². The van der Waals surface area contributed by atoms with E-state index < -0.39 is 5.97 Å². The SMILES string of the molecule is CC(C)(C)c1ccccc1C(=O)OO.CCCCCCCCCCCCOO. The minimum Gasteiger partial charge on any atom is -0.295 e. The van der Waals surface area contributed by atoms with Crippen LogP contribution in [0.3, 0.4) is 0 Å². The van der Waals surface area contributed by atoms with E-state index in [0.29, 0.717) is 12.2 Å². The predicted octanol–water partition coefficient (Wildman–Crippen LogP) is 7.01. The lowest BCUT2D eigenvalue weighted by Gasteiger charge is -2.21. The van der Waals surface area contributed by atoms with Crippen molar-refractivity contribution < 1.29 is 25.1 Å². The molecule has 0 saturated heterocycles. The number of hydrogen-bond donors (Lipinski definition) is 2. The van der Waals surface area contributed by atoms with Gasteiger partial charge in [0.25, 0.3) is 0 Å². The van der Waals surface area contributed by atoms with Gasteiger partial charge in [-0.3, -0.25) is 10.1 Å². The van der Waals surface area contributed by atoms with E-state index >= 15 is 0 Å². The summed E-state index contributed by atoms with van der Waals surface area (Å²) in [4.78, 5) is 19.0. The Balaban J connectivity index is 0.000000521. The van der Waals surface area contributed by atoms with Crippen LogP contribution in [0.25, 0.3) is 0 Å². The van der Waals surface area contributed by atoms with Gasteiger partial charge in [-0.05, 0) is 23.5 Å². The molecule has 0 aliphatic rings. The molecule has 1 aromatic rings. The average molecular weight is 397 g/mol. The van der Waals surface area contributed by atoms with Gasteiger partial charge in [-0.15, -0.1) is 0 Å². The molecule has 5 nitrogen and oxygen atoms in total. The first-order chi connectivity index (χ1) is 13.4. The minimum absolute atomic E-state index is 0.148. The van der Waals surface area contributed by atoms with Crippen molar-refractivity contribution in [2.24, 2.45) is 0 Å². The summed E-state index contributed by atoms with van der Waals surface area (Å²) in [7, 11) is 0. The van der Waals surface area contributed by atoms with Gasteiger partial charge in [-0.1, -0.05) is 104 Å². The van der Waals surface area contributed by atoms with Crippen LogP contribution in [0, 0.1) is 0 Å². The van der Waals surface area contributed by atoms with E-state index in [4.69, 9.17) is 10.5 Å². The van der Waals surface area contributed by atoms with Gasteiger partial charge >= 0.3 is 5.97 Å². The van der Waals surface area contributed by atoms with Crippen molar-refractivity contribution in [1.82, 2.24) is 0 Å². The molecule has 28 heavy (non-hydrogen) atoms. The highest BCUT2D eigenvalue weighted by molar-refractivity contribution is 5.91. The van der Waals surface area contributed by atoms with Crippen LogP contribution in [-0.2, 0) is 15.2 Å². The number of carbonyl (C=O) groups excluding carboxylic acids is 1. The lowest BCUT2D eigenvalue weighted by molar-refractivity contribution is -0.242. The number of unbranched alkanes of at least 4 members (excludes halogenated alkanes) is 9. The van der Waals surface area contributed by atoms with Crippen molar-refractivity contribution in [3.8, 4) is 0 Å². The standard InChI is InChI=1S/C12H26O2.C11H14O3/c1-2-3-4-5-6-7-8-9-10-11-12-14-13;1-11(2,3)9-7-5-4-6-8(9)10(12)14-13/h13H,2-12H2,1H3;4-7,13H,1-3H3. The molecular weight excluding hydrogens is 356 g/mol. The average Bonchev–Trinajstić information content (AvgIpc) is 2.68. The van der Waals surface area contributed by atoms with Gasteiger partial charge in [-0.2, -0.15) is 5.26 Å². The first-order valence-electron chi connectivity index (χ1n) is 10.6. The van der Waals surface area contributed by atoms with Crippen LogP contribution in [0.4, 0.5) is 0 Å². The van der Waals surface area contributed by atoms with E-state index in [-0.39, 0.29) is 5.41 Å². The topological polar surface area (TPSA) is 76.0 Å². The Bertz CT molecular complexity index is 496. The van der Waals surface area contributed by atoms with Crippen molar-refractivity contribution in [3.63, 3.8) is 0 Å². The summed E-state index contributed by atoms with van der Waals surface area (Å²) in [6.07, 6.45) is 13.1. The monoisotopic (exact) mass is 396 g/mol. The van der Waals surface area contributed by atoms with Crippen LogP contribution in [-0.4, -0.2) is 23.1 Å². The smallest absolute Gasteiger partial charge is 0.295 e. The summed E-state index contributed by atoms with van der Waals surface area (Å²) in [5, 5.41) is 16.4. The molecule has 0 amide bonds. The van der Waals surface area contributed by atoms with Crippen molar-refractivity contribution in [1.29, 1.82) is 0 Å². The minimum atomic E-state index is -0.712. The second-order valence-corrected chi connectivity index (χ2v) is 8.19. The molecular formula is C23H40O5. The molecule has 0 atom stereocenters. The Morgan fingerprint density at radius 3 is 1.82 bits per heavy atom. The van der Waals surface area contributed by atoms with E-state index in [9.17, 15) is 4.79 Å². The molecule has 0 radical (unpaired) electrons. The third-order valence-electron chi connectivity index (χ3n) is 4.63. The third kappa shape index (κ3) is 12.9. The molecule has 5 heteroatoms. The summed E-state index contributed by atoms with van der Waals surface area (Å²) in [5.74, 6) is -0.712. The van der Waals surface area contributed by atoms with Gasteiger partial charge in [0.05, 0.1) is 12.2 Å². The quantitative estimate of drug-likeness (QED) is 0.226. The maximum absolute atomic E-state index is 11.2. The highest BCUT2D eigenvalue weighted by Crippen LogP contribution is 2.25. The fraction of sp³-hybridized carbons (Fsp3) is 0.696. The number of carbonyl (C=O) groups is 1. The van der Waals surface area contributed by atoms with Crippen LogP contribution in [0.15, 0.2) is 24.3 Å². The Morgan fingerprint density at radius 2 is 1.36 bits per heavy atom. The Hall–Kier alpha value is -1.43. The zero-order chi connectivity index (χ0) is 21.3. The van der Waals surface area contributed by atoms with Crippen LogP contribution in [0.2, 0.25) is 0 Å². The first kappa shape index (κ1) is 26.6. The molecule has 162 valence electrons. The predicted molar refractivity (Wildman–Crippen MR) is 114 cm³/mol. The summed E-state index contributed by atoms with van der Waals surface area (Å²) in [5.41, 5.74) is 1.12. The normalized spacial score (nSPS) is 10.9. The highest BCUT2D eigenvalue weighted by Gasteiger charge is 2.21. The van der Waals surface area contributed by atoms with Crippen molar-refractivity contribution in [2.75, 3.05) is 6.61 Å². The second-order valence-electron chi connectivity index (χ2n) is 8.19. The zero-order valence-electron chi connectivity index (χ0n) is 18.2. The van der Waals surface area contributed by atoms with Gasteiger partial charge < -0.3 is 0 Å². The lowest BCUT2D eigenvalue weighted by Crippen LogP contribution is -2.17. The number of hydrogen-bond acceptors (Lipinski definition) is 5. The summed E-state index contributed by atoms with van der Waals surface area (Å²) in [6, 6.07) is 7.08. The molecule has 1 rings (SSSR count). The molecule has 1 aromatic carbocycles. The largest absolute Gasteiger partial charge is 0.373 e. The molecule has 0 aliphatic heterocycles. The Labute approximate surface area is 170 Å². The van der Waals surface area contributed by atoms with E-state index in [0.717, 1.165) is 12.0 Å². The van der Waals surface area contributed by atoms with Crippen LogP contribution in [0.5, 0.6) is 0 Å². The van der Waals surface area contributed by atoms with Crippen LogP contribution in [0.1, 0.15) is 108 Å². The fourth-order valence-electron chi connectivity index (χ4n) is 3.02. The Morgan fingerprint density at radius 1 is 0.857 bits per heavy atom. The van der Waals surface area contributed by atoms with E-state index in [2.05, 4.69) is 16.7 Å². The third-order valence-corrected chi connectivity index (χ3v) is 4.63. The first-order valence-corrected chi connectivity index (χ1v) is 10.6. The maximum Gasteiger partial charge on any atom is 0.373 e. The molecule has 0 aromatic heterocycles. The number of benzene rings is 1. The van der Waals surface area contributed by atoms with E-state index in [1.54, 1.807) is 12.1 Å². The van der Waals surface area contributed by atoms with Crippen molar-refractivity contribution >= 4 is 5.97 Å². The summed E-state index contributed by atoms with van der Waals surface area (Å²) < 4.78 is 0. The molecule has 0 heterocycles. The van der Waals surface area contributed by atoms with Crippen molar-refractivity contribution in [3.05, 3.63) is 35.4 Å². The molecule has 0 bridgehead atoms. The molecule has 0 spiro atoms. The maximum atomic E-state index is 11.2. The number of rotatable bonds is 12. The van der Waals surface area contributed by atoms with E-state index in [1.165, 1.54) is 57.8 Å². The molecule has 0 aliphatic carbocycles.